The van der Waals surface area contributed by atoms with Crippen molar-refractivity contribution in [2.24, 2.45) is 0 Å². The average molecular weight is 467 g/mol. The van der Waals surface area contributed by atoms with Gasteiger partial charge in [-0.1, -0.05) is 30.3 Å². The van der Waals surface area contributed by atoms with Crippen molar-refractivity contribution in [2.45, 2.75) is 12.1 Å². The summed E-state index contributed by atoms with van der Waals surface area (Å²) >= 11 is 0. The molecule has 176 valence electrons. The van der Waals surface area contributed by atoms with Crippen molar-refractivity contribution in [3.8, 4) is 16.8 Å². The van der Waals surface area contributed by atoms with Crippen LogP contribution in [0.5, 0.6) is 0 Å². The molecule has 2 aliphatic rings. The number of ether oxygens (including phenoxy) is 1. The molecule has 0 amide bonds. The second-order valence-corrected chi connectivity index (χ2v) is 9.25. The summed E-state index contributed by atoms with van der Waals surface area (Å²) in [6.07, 6.45) is 3.48. The van der Waals surface area contributed by atoms with Crippen molar-refractivity contribution < 1.29 is 4.74 Å². The standard InChI is InChI=1S/C26H26N8O/c27-26-25-21(17-6-7-18-13-33(31-22(18)10-17)19-4-2-1-3-5-19)11-23(34(25)30-16-29-26)24-14-32-9-8-28-12-20(32)15-35-24/h1-7,10-11,13,16,20,24,28H,8-9,12,14-15H2,(H2,27,29,30). The Bertz CT molecular complexity index is 1520. The first-order chi connectivity index (χ1) is 17.2. The molecule has 35 heavy (non-hydrogen) atoms. The van der Waals surface area contributed by atoms with E-state index in [2.05, 4.69) is 50.8 Å². The van der Waals surface area contributed by atoms with Gasteiger partial charge in [0, 0.05) is 49.4 Å². The van der Waals surface area contributed by atoms with E-state index in [-0.39, 0.29) is 6.10 Å². The number of benzene rings is 2. The average Bonchev–Trinajstić information content (AvgIpc) is 3.51. The van der Waals surface area contributed by atoms with E-state index in [0.717, 1.165) is 65.1 Å². The Labute approximate surface area is 202 Å². The molecule has 3 aromatic heterocycles. The summed E-state index contributed by atoms with van der Waals surface area (Å²) in [7, 11) is 0. The Balaban J connectivity index is 1.31. The second-order valence-electron chi connectivity index (χ2n) is 9.25. The Hall–Kier alpha value is -3.79. The van der Waals surface area contributed by atoms with E-state index in [0.29, 0.717) is 18.5 Å². The van der Waals surface area contributed by atoms with E-state index in [9.17, 15) is 0 Å². The highest BCUT2D eigenvalue weighted by Gasteiger charge is 2.33. The molecule has 2 atom stereocenters. The molecule has 2 unspecified atom stereocenters. The van der Waals surface area contributed by atoms with Crippen molar-refractivity contribution in [1.29, 1.82) is 0 Å². The summed E-state index contributed by atoms with van der Waals surface area (Å²) in [6.45, 7) is 4.54. The van der Waals surface area contributed by atoms with Gasteiger partial charge in [-0.15, -0.1) is 0 Å². The molecule has 5 aromatic rings. The summed E-state index contributed by atoms with van der Waals surface area (Å²) in [5.74, 6) is 0.451. The lowest BCUT2D eigenvalue weighted by molar-refractivity contribution is -0.0739. The lowest BCUT2D eigenvalue weighted by Crippen LogP contribution is -2.57. The second kappa shape index (κ2) is 8.16. The number of nitrogens with two attached hydrogens (primary N) is 1. The quantitative estimate of drug-likeness (QED) is 0.422. The highest BCUT2D eigenvalue weighted by Crippen LogP contribution is 2.36. The molecule has 3 N–H and O–H groups in total. The SMILES string of the molecule is Nc1ncnn2c(C3CN4CCNCC4CO3)cc(-c3ccc4cn(-c5ccccc5)nc4c3)c12. The lowest BCUT2D eigenvalue weighted by atomic mass is 10.0. The van der Waals surface area contributed by atoms with Gasteiger partial charge in [0.15, 0.2) is 5.82 Å². The van der Waals surface area contributed by atoms with Crippen LogP contribution in [-0.2, 0) is 4.74 Å². The minimum absolute atomic E-state index is 0.0825. The van der Waals surface area contributed by atoms with Crippen LogP contribution in [0, 0.1) is 0 Å². The number of anilines is 1. The van der Waals surface area contributed by atoms with E-state index in [4.69, 9.17) is 15.6 Å². The van der Waals surface area contributed by atoms with Gasteiger partial charge in [0.25, 0.3) is 0 Å². The minimum atomic E-state index is -0.0825. The molecule has 0 saturated carbocycles. The number of aromatic nitrogens is 5. The molecule has 2 saturated heterocycles. The fraction of sp³-hybridized carbons (Fsp3) is 0.269. The smallest absolute Gasteiger partial charge is 0.151 e. The molecule has 0 bridgehead atoms. The van der Waals surface area contributed by atoms with Gasteiger partial charge in [0.1, 0.15) is 17.9 Å². The molecule has 9 nitrogen and oxygen atoms in total. The summed E-state index contributed by atoms with van der Waals surface area (Å²) < 4.78 is 10.1. The van der Waals surface area contributed by atoms with Gasteiger partial charge in [-0.05, 0) is 29.8 Å². The van der Waals surface area contributed by atoms with Crippen molar-refractivity contribution >= 4 is 22.2 Å². The van der Waals surface area contributed by atoms with Crippen molar-refractivity contribution in [1.82, 2.24) is 34.6 Å². The van der Waals surface area contributed by atoms with E-state index in [1.165, 1.54) is 6.33 Å². The third-order valence-electron chi connectivity index (χ3n) is 7.14. The number of rotatable bonds is 3. The Morgan fingerprint density at radius 2 is 2.00 bits per heavy atom. The maximum Gasteiger partial charge on any atom is 0.151 e. The van der Waals surface area contributed by atoms with Crippen LogP contribution in [0.3, 0.4) is 0 Å². The fourth-order valence-corrected chi connectivity index (χ4v) is 5.32. The number of hydrogen-bond donors (Lipinski definition) is 2. The number of para-hydroxylation sites is 1. The molecule has 5 heterocycles. The van der Waals surface area contributed by atoms with Crippen molar-refractivity contribution in [2.75, 3.05) is 38.5 Å². The summed E-state index contributed by atoms with van der Waals surface area (Å²) in [5.41, 5.74) is 12.1. The zero-order valence-electron chi connectivity index (χ0n) is 19.2. The van der Waals surface area contributed by atoms with Crippen LogP contribution in [0.2, 0.25) is 0 Å². The minimum Gasteiger partial charge on any atom is -0.382 e. The van der Waals surface area contributed by atoms with E-state index in [1.54, 1.807) is 0 Å². The molecule has 2 aliphatic heterocycles. The summed E-state index contributed by atoms with van der Waals surface area (Å²) in [6, 6.07) is 19.0. The zero-order valence-corrected chi connectivity index (χ0v) is 19.2. The van der Waals surface area contributed by atoms with Gasteiger partial charge >= 0.3 is 0 Å². The molecule has 0 radical (unpaired) electrons. The monoisotopic (exact) mass is 466 g/mol. The predicted octanol–water partition coefficient (Wildman–Crippen LogP) is 2.66. The van der Waals surface area contributed by atoms with Gasteiger partial charge in [0.2, 0.25) is 0 Å². The van der Waals surface area contributed by atoms with E-state index >= 15 is 0 Å². The highest BCUT2D eigenvalue weighted by molar-refractivity contribution is 5.92. The van der Waals surface area contributed by atoms with Gasteiger partial charge in [-0.25, -0.2) is 14.2 Å². The third-order valence-corrected chi connectivity index (χ3v) is 7.14. The summed E-state index contributed by atoms with van der Waals surface area (Å²) in [5, 5.41) is 13.9. The first-order valence-electron chi connectivity index (χ1n) is 12.0. The van der Waals surface area contributed by atoms with Crippen LogP contribution in [0.4, 0.5) is 5.82 Å². The van der Waals surface area contributed by atoms with Crippen molar-refractivity contribution in [3.63, 3.8) is 0 Å². The van der Waals surface area contributed by atoms with Gasteiger partial charge in [-0.2, -0.15) is 10.2 Å². The molecule has 2 fully saturated rings. The van der Waals surface area contributed by atoms with Crippen LogP contribution in [0.1, 0.15) is 11.8 Å². The number of nitrogens with zero attached hydrogens (tertiary/aromatic N) is 6. The lowest BCUT2D eigenvalue weighted by Gasteiger charge is -2.42. The van der Waals surface area contributed by atoms with Crippen LogP contribution in [-0.4, -0.2) is 68.1 Å². The molecule has 7 rings (SSSR count). The van der Waals surface area contributed by atoms with Gasteiger partial charge < -0.3 is 15.8 Å². The van der Waals surface area contributed by atoms with Crippen LogP contribution >= 0.6 is 0 Å². The number of nitrogens with one attached hydrogen (secondary N) is 1. The maximum atomic E-state index is 6.39. The largest absolute Gasteiger partial charge is 0.382 e. The third kappa shape index (κ3) is 3.47. The molecule has 0 aliphatic carbocycles. The van der Waals surface area contributed by atoms with Gasteiger partial charge in [-0.3, -0.25) is 4.90 Å². The maximum absolute atomic E-state index is 6.39. The van der Waals surface area contributed by atoms with Crippen LogP contribution in [0.25, 0.3) is 33.2 Å². The Morgan fingerprint density at radius 1 is 1.09 bits per heavy atom. The predicted molar refractivity (Wildman–Crippen MR) is 134 cm³/mol. The van der Waals surface area contributed by atoms with Crippen LogP contribution < -0.4 is 11.1 Å². The topological polar surface area (TPSA) is 98.5 Å². The zero-order chi connectivity index (χ0) is 23.4. The molecular weight excluding hydrogens is 440 g/mol. The number of hydrogen-bond acceptors (Lipinski definition) is 7. The number of nitrogen functional groups attached to an aromatic ring is 1. The molecule has 0 spiro atoms. The van der Waals surface area contributed by atoms with E-state index < -0.39 is 0 Å². The number of morpholine rings is 1. The Morgan fingerprint density at radius 3 is 2.91 bits per heavy atom. The molecule has 2 aromatic carbocycles. The van der Waals surface area contributed by atoms with Gasteiger partial charge in [0.05, 0.1) is 23.5 Å². The first kappa shape index (κ1) is 20.6. The molecule has 9 heteroatoms. The first-order valence-corrected chi connectivity index (χ1v) is 12.0. The Kier molecular flexibility index (Phi) is 4.80. The van der Waals surface area contributed by atoms with Crippen molar-refractivity contribution in [3.05, 3.63) is 72.8 Å². The van der Waals surface area contributed by atoms with E-state index in [1.807, 2.05) is 39.5 Å². The molecular formula is C26H26N8O. The highest BCUT2D eigenvalue weighted by atomic mass is 16.5. The van der Waals surface area contributed by atoms with Crippen LogP contribution in [0.15, 0.2) is 67.1 Å². The number of fused-ring (bicyclic) bond motifs is 3. The summed E-state index contributed by atoms with van der Waals surface area (Å²) in [4.78, 5) is 6.80. The number of piperazine rings is 1. The normalized spacial score (nSPS) is 20.9. The fourth-order valence-electron chi connectivity index (χ4n) is 5.32.